The van der Waals surface area contributed by atoms with Gasteiger partial charge in [-0.3, -0.25) is 9.78 Å². The maximum Gasteiger partial charge on any atom is 0.246 e. The van der Waals surface area contributed by atoms with Crippen LogP contribution in [-0.4, -0.2) is 69.4 Å². The van der Waals surface area contributed by atoms with E-state index in [0.717, 1.165) is 25.1 Å². The van der Waals surface area contributed by atoms with Crippen LogP contribution in [0, 0.1) is 0 Å². The van der Waals surface area contributed by atoms with E-state index in [1.807, 2.05) is 30.0 Å². The van der Waals surface area contributed by atoms with Crippen LogP contribution in [0.2, 0.25) is 0 Å². The summed E-state index contributed by atoms with van der Waals surface area (Å²) in [6, 6.07) is 1.77. The second-order valence-electron chi connectivity index (χ2n) is 6.75. The lowest BCUT2D eigenvalue weighted by atomic mass is 9.93. The minimum absolute atomic E-state index is 0.0745. The Bertz CT molecular complexity index is 771. The van der Waals surface area contributed by atoms with Gasteiger partial charge in [-0.05, 0) is 33.0 Å². The third-order valence-electron chi connectivity index (χ3n) is 4.45. The maximum atomic E-state index is 12.3. The fourth-order valence-corrected chi connectivity index (χ4v) is 3.06. The molecule has 0 unspecified atom stereocenters. The molecule has 1 aliphatic rings. The summed E-state index contributed by atoms with van der Waals surface area (Å²) < 4.78 is 0. The predicted molar refractivity (Wildman–Crippen MR) is 104 cm³/mol. The summed E-state index contributed by atoms with van der Waals surface area (Å²) in [5, 5.41) is 3.15. The molecular weight excluding hydrogens is 342 g/mol. The molecule has 0 aromatic carbocycles. The molecule has 1 N–H and O–H groups in total. The van der Waals surface area contributed by atoms with Crippen molar-refractivity contribution in [3.05, 3.63) is 48.7 Å². The van der Waals surface area contributed by atoms with E-state index in [1.54, 1.807) is 36.9 Å². The normalized spacial score (nSPS) is 15.4. The molecule has 1 fully saturated rings. The molecule has 3 heterocycles. The summed E-state index contributed by atoms with van der Waals surface area (Å²) >= 11 is 0. The summed E-state index contributed by atoms with van der Waals surface area (Å²) in [5.74, 6) is 1.50. The summed E-state index contributed by atoms with van der Waals surface area (Å²) in [4.78, 5) is 33.5. The first-order chi connectivity index (χ1) is 13.1. The Kier molecular flexibility index (Phi) is 6.43. The molecule has 0 radical (unpaired) electrons. The Hall–Kier alpha value is -2.87. The Morgan fingerprint density at radius 3 is 2.56 bits per heavy atom. The van der Waals surface area contributed by atoms with Crippen molar-refractivity contribution in [3.63, 3.8) is 0 Å². The number of hydrogen-bond donors (Lipinski definition) is 1. The lowest BCUT2D eigenvalue weighted by Crippen LogP contribution is -2.37. The van der Waals surface area contributed by atoms with Gasteiger partial charge in [0.15, 0.2) is 5.82 Å². The topological polar surface area (TPSA) is 87.1 Å². The number of piperidine rings is 1. The van der Waals surface area contributed by atoms with Gasteiger partial charge in [0.25, 0.3) is 0 Å². The van der Waals surface area contributed by atoms with Gasteiger partial charge >= 0.3 is 0 Å². The van der Waals surface area contributed by atoms with Crippen LogP contribution >= 0.6 is 0 Å². The van der Waals surface area contributed by atoms with Crippen LogP contribution in [0.5, 0.6) is 0 Å². The van der Waals surface area contributed by atoms with Gasteiger partial charge in [-0.2, -0.15) is 0 Å². The van der Waals surface area contributed by atoms with Crippen molar-refractivity contribution in [1.29, 1.82) is 0 Å². The summed E-state index contributed by atoms with van der Waals surface area (Å²) in [6.45, 7) is 2.19. The number of carbonyl (C=O) groups excluding carboxylic acids is 1. The van der Waals surface area contributed by atoms with Crippen molar-refractivity contribution in [2.75, 3.05) is 39.0 Å². The second kappa shape index (κ2) is 9.18. The second-order valence-corrected chi connectivity index (χ2v) is 6.75. The van der Waals surface area contributed by atoms with Crippen LogP contribution in [0.25, 0.3) is 0 Å². The fraction of sp³-hybridized carbons (Fsp3) is 0.421. The van der Waals surface area contributed by atoms with E-state index in [9.17, 15) is 4.79 Å². The molecule has 1 saturated heterocycles. The SMILES string of the molecule is CN(C)C/C=C/C(=O)N1CCC(c2nccnc2Nc2ncccn2)CC1. The van der Waals surface area contributed by atoms with Crippen LogP contribution in [0.15, 0.2) is 43.0 Å². The van der Waals surface area contributed by atoms with Crippen LogP contribution in [0.3, 0.4) is 0 Å². The minimum atomic E-state index is 0.0745. The molecular formula is C19H25N7O. The number of likely N-dealkylation sites (N-methyl/N-ethyl adjacent to an activating group) is 1. The molecule has 0 atom stereocenters. The number of nitrogens with zero attached hydrogens (tertiary/aromatic N) is 6. The van der Waals surface area contributed by atoms with E-state index in [-0.39, 0.29) is 11.8 Å². The molecule has 8 nitrogen and oxygen atoms in total. The Balaban J connectivity index is 1.61. The number of hydrogen-bond acceptors (Lipinski definition) is 7. The third-order valence-corrected chi connectivity index (χ3v) is 4.45. The molecule has 0 bridgehead atoms. The summed E-state index contributed by atoms with van der Waals surface area (Å²) in [6.07, 6.45) is 12.0. The predicted octanol–water partition coefficient (Wildman–Crippen LogP) is 1.83. The van der Waals surface area contributed by atoms with Gasteiger partial charge < -0.3 is 15.1 Å². The highest BCUT2D eigenvalue weighted by Crippen LogP contribution is 2.31. The molecule has 1 aliphatic heterocycles. The molecule has 0 saturated carbocycles. The first-order valence-electron chi connectivity index (χ1n) is 9.08. The lowest BCUT2D eigenvalue weighted by molar-refractivity contribution is -0.127. The van der Waals surface area contributed by atoms with E-state index in [4.69, 9.17) is 0 Å². The molecule has 1 amide bonds. The van der Waals surface area contributed by atoms with Crippen LogP contribution in [0.4, 0.5) is 11.8 Å². The lowest BCUT2D eigenvalue weighted by Gasteiger charge is -2.31. The zero-order valence-corrected chi connectivity index (χ0v) is 15.7. The van der Waals surface area contributed by atoms with Gasteiger partial charge in [0, 0.05) is 56.4 Å². The van der Waals surface area contributed by atoms with E-state index in [0.29, 0.717) is 24.9 Å². The van der Waals surface area contributed by atoms with Gasteiger partial charge in [-0.15, -0.1) is 0 Å². The number of nitrogens with one attached hydrogen (secondary N) is 1. The Labute approximate surface area is 159 Å². The standard InChI is InChI=1S/C19H25N7O/c1-25(2)12-3-5-16(27)26-13-6-15(7-14-26)17-18(21-11-10-20-17)24-19-22-8-4-9-23-19/h3-5,8-11,15H,6-7,12-14H2,1-2H3,(H,21,22,23,24)/b5-3+. The quantitative estimate of drug-likeness (QED) is 0.780. The van der Waals surface area contributed by atoms with Crippen molar-refractivity contribution in [2.24, 2.45) is 0 Å². The van der Waals surface area contributed by atoms with Gasteiger partial charge in [0.05, 0.1) is 5.69 Å². The van der Waals surface area contributed by atoms with E-state index in [2.05, 4.69) is 25.3 Å². The minimum Gasteiger partial charge on any atom is -0.339 e. The molecule has 3 rings (SSSR count). The summed E-state index contributed by atoms with van der Waals surface area (Å²) in [5.41, 5.74) is 0.903. The zero-order valence-electron chi connectivity index (χ0n) is 15.7. The number of amides is 1. The van der Waals surface area contributed by atoms with Crippen molar-refractivity contribution in [2.45, 2.75) is 18.8 Å². The van der Waals surface area contributed by atoms with Gasteiger partial charge in [0.2, 0.25) is 11.9 Å². The smallest absolute Gasteiger partial charge is 0.246 e. The number of likely N-dealkylation sites (tertiary alicyclic amines) is 1. The van der Waals surface area contributed by atoms with Crippen molar-refractivity contribution in [1.82, 2.24) is 29.7 Å². The molecule has 0 aliphatic carbocycles. The molecule has 142 valence electrons. The average molecular weight is 367 g/mol. The van der Waals surface area contributed by atoms with E-state index < -0.39 is 0 Å². The van der Waals surface area contributed by atoms with Gasteiger partial charge in [0.1, 0.15) is 0 Å². The van der Waals surface area contributed by atoms with Crippen molar-refractivity contribution < 1.29 is 4.79 Å². The Morgan fingerprint density at radius 2 is 1.85 bits per heavy atom. The molecule has 2 aromatic heterocycles. The molecule has 2 aromatic rings. The maximum absolute atomic E-state index is 12.3. The number of rotatable bonds is 6. The molecule has 27 heavy (non-hydrogen) atoms. The first kappa shape index (κ1) is 18.9. The van der Waals surface area contributed by atoms with E-state index in [1.165, 1.54) is 0 Å². The van der Waals surface area contributed by atoms with E-state index >= 15 is 0 Å². The number of carbonyl (C=O) groups is 1. The highest BCUT2D eigenvalue weighted by Gasteiger charge is 2.26. The van der Waals surface area contributed by atoms with Gasteiger partial charge in [-0.25, -0.2) is 15.0 Å². The number of anilines is 2. The summed E-state index contributed by atoms with van der Waals surface area (Å²) in [7, 11) is 3.96. The van der Waals surface area contributed by atoms with Crippen molar-refractivity contribution in [3.8, 4) is 0 Å². The first-order valence-corrected chi connectivity index (χ1v) is 9.08. The van der Waals surface area contributed by atoms with Gasteiger partial charge in [-0.1, -0.05) is 6.08 Å². The van der Waals surface area contributed by atoms with Crippen LogP contribution in [0.1, 0.15) is 24.5 Å². The molecule has 8 heteroatoms. The largest absolute Gasteiger partial charge is 0.339 e. The highest BCUT2D eigenvalue weighted by atomic mass is 16.2. The highest BCUT2D eigenvalue weighted by molar-refractivity contribution is 5.87. The van der Waals surface area contributed by atoms with Crippen molar-refractivity contribution >= 4 is 17.7 Å². The van der Waals surface area contributed by atoms with Crippen LogP contribution in [-0.2, 0) is 4.79 Å². The number of aromatic nitrogens is 4. The third kappa shape index (κ3) is 5.30. The zero-order chi connectivity index (χ0) is 19.1. The average Bonchev–Trinajstić information content (AvgIpc) is 2.69. The molecule has 0 spiro atoms. The monoisotopic (exact) mass is 367 g/mol. The fourth-order valence-electron chi connectivity index (χ4n) is 3.06. The Morgan fingerprint density at radius 1 is 1.15 bits per heavy atom. The van der Waals surface area contributed by atoms with Crippen LogP contribution < -0.4 is 5.32 Å².